The lowest BCUT2D eigenvalue weighted by Gasteiger charge is -2.21. The van der Waals surface area contributed by atoms with Crippen LogP contribution in [0.25, 0.3) is 0 Å². The van der Waals surface area contributed by atoms with E-state index in [-0.39, 0.29) is 11.9 Å². The fourth-order valence-electron chi connectivity index (χ4n) is 3.76. The number of aryl methyl sites for hydroxylation is 1. The number of likely N-dealkylation sites (tertiary alicyclic amines) is 1. The van der Waals surface area contributed by atoms with Crippen molar-refractivity contribution in [2.75, 3.05) is 19.6 Å². The first-order valence-electron chi connectivity index (χ1n) is 8.36. The smallest absolute Gasteiger partial charge is 0.123 e. The van der Waals surface area contributed by atoms with Gasteiger partial charge in [-0.25, -0.2) is 4.39 Å². The topological polar surface area (TPSA) is 25.4 Å². The Kier molecular flexibility index (Phi) is 4.00. The molecular weight excluding hydrogens is 291 g/mol. The van der Waals surface area contributed by atoms with Gasteiger partial charge in [0.05, 0.1) is 0 Å². The van der Waals surface area contributed by atoms with Crippen LogP contribution in [-0.4, -0.2) is 35.6 Å². The van der Waals surface area contributed by atoms with E-state index < -0.39 is 0 Å². The van der Waals surface area contributed by atoms with Crippen molar-refractivity contribution >= 4 is 0 Å². The third kappa shape index (κ3) is 3.22. The van der Waals surface area contributed by atoms with Crippen LogP contribution in [0.2, 0.25) is 0 Å². The highest BCUT2D eigenvalue weighted by atomic mass is 19.1. The molecule has 1 aromatic heterocycles. The number of fused-ring (bicyclic) bond motifs is 1. The van der Waals surface area contributed by atoms with Gasteiger partial charge in [-0.3, -0.25) is 9.88 Å². The second-order valence-electron chi connectivity index (χ2n) is 6.52. The van der Waals surface area contributed by atoms with Gasteiger partial charge in [-0.2, -0.15) is 0 Å². The summed E-state index contributed by atoms with van der Waals surface area (Å²) in [5, 5.41) is 0. The minimum Gasteiger partial charge on any atom is -0.489 e. The van der Waals surface area contributed by atoms with Crippen LogP contribution in [0.5, 0.6) is 5.75 Å². The van der Waals surface area contributed by atoms with Crippen molar-refractivity contribution < 1.29 is 9.13 Å². The van der Waals surface area contributed by atoms with Crippen LogP contribution < -0.4 is 4.74 Å². The SMILES string of the molecule is Fc1ccc(OC2CCN(CC3CCc4ncccc43)C2)cc1. The van der Waals surface area contributed by atoms with E-state index >= 15 is 0 Å². The molecule has 0 radical (unpaired) electrons. The number of halogens is 1. The molecule has 2 atom stereocenters. The summed E-state index contributed by atoms with van der Waals surface area (Å²) >= 11 is 0. The number of hydrogen-bond donors (Lipinski definition) is 0. The summed E-state index contributed by atoms with van der Waals surface area (Å²) in [5.41, 5.74) is 2.70. The fraction of sp³-hybridized carbons (Fsp3) is 0.421. The van der Waals surface area contributed by atoms with E-state index in [1.165, 1.54) is 29.8 Å². The van der Waals surface area contributed by atoms with Crippen LogP contribution >= 0.6 is 0 Å². The quantitative estimate of drug-likeness (QED) is 0.865. The van der Waals surface area contributed by atoms with Crippen LogP contribution in [0.3, 0.4) is 0 Å². The second-order valence-corrected chi connectivity index (χ2v) is 6.52. The van der Waals surface area contributed by atoms with Crippen molar-refractivity contribution in [2.45, 2.75) is 31.3 Å². The number of benzene rings is 1. The average molecular weight is 312 g/mol. The number of nitrogens with zero attached hydrogens (tertiary/aromatic N) is 2. The summed E-state index contributed by atoms with van der Waals surface area (Å²) in [4.78, 5) is 6.98. The summed E-state index contributed by atoms with van der Waals surface area (Å²) in [6, 6.07) is 10.6. The van der Waals surface area contributed by atoms with Crippen LogP contribution in [-0.2, 0) is 6.42 Å². The van der Waals surface area contributed by atoms with Gasteiger partial charge in [0.25, 0.3) is 0 Å². The molecule has 2 unspecified atom stereocenters. The molecule has 1 aromatic carbocycles. The molecule has 4 heteroatoms. The number of aromatic nitrogens is 1. The number of pyridine rings is 1. The van der Waals surface area contributed by atoms with Crippen molar-refractivity contribution in [3.63, 3.8) is 0 Å². The summed E-state index contributed by atoms with van der Waals surface area (Å²) in [6.45, 7) is 3.10. The highest BCUT2D eigenvalue weighted by molar-refractivity contribution is 5.29. The van der Waals surface area contributed by atoms with Crippen LogP contribution in [0.15, 0.2) is 42.6 Å². The van der Waals surface area contributed by atoms with Gasteiger partial charge in [-0.1, -0.05) is 6.07 Å². The van der Waals surface area contributed by atoms with Crippen LogP contribution in [0, 0.1) is 5.82 Å². The minimum atomic E-state index is -0.223. The van der Waals surface area contributed by atoms with Crippen LogP contribution in [0.4, 0.5) is 4.39 Å². The Morgan fingerprint density at radius 1 is 1.17 bits per heavy atom. The monoisotopic (exact) mass is 312 g/mol. The molecule has 1 fully saturated rings. The van der Waals surface area contributed by atoms with Crippen molar-refractivity contribution in [1.82, 2.24) is 9.88 Å². The zero-order chi connectivity index (χ0) is 15.6. The third-order valence-corrected chi connectivity index (χ3v) is 4.92. The van der Waals surface area contributed by atoms with E-state index in [1.54, 1.807) is 12.1 Å². The molecule has 0 saturated carbocycles. The van der Waals surface area contributed by atoms with Gasteiger partial charge in [0.15, 0.2) is 0 Å². The lowest BCUT2D eigenvalue weighted by atomic mass is 10.0. The predicted molar refractivity (Wildman–Crippen MR) is 87.2 cm³/mol. The Bertz CT molecular complexity index is 673. The average Bonchev–Trinajstić information content (AvgIpc) is 3.18. The van der Waals surface area contributed by atoms with Gasteiger partial charge in [-0.15, -0.1) is 0 Å². The first-order chi connectivity index (χ1) is 11.3. The van der Waals surface area contributed by atoms with E-state index in [2.05, 4.69) is 16.0 Å². The molecule has 2 aliphatic rings. The van der Waals surface area contributed by atoms with Crippen LogP contribution in [0.1, 0.15) is 30.0 Å². The molecule has 3 nitrogen and oxygen atoms in total. The standard InChI is InChI=1S/C19H21FN2O/c20-15-4-6-16(7-5-15)23-17-9-11-22(13-17)12-14-3-8-19-18(14)2-1-10-21-19/h1-2,4-7,10,14,17H,3,8-9,11-13H2. The zero-order valence-electron chi connectivity index (χ0n) is 13.1. The van der Waals surface area contributed by atoms with Gasteiger partial charge < -0.3 is 4.74 Å². The lowest BCUT2D eigenvalue weighted by Crippen LogP contribution is -2.28. The molecular formula is C19H21FN2O. The zero-order valence-corrected chi connectivity index (χ0v) is 13.1. The van der Waals surface area contributed by atoms with Gasteiger partial charge in [0, 0.05) is 31.5 Å². The van der Waals surface area contributed by atoms with Gasteiger partial charge >= 0.3 is 0 Å². The van der Waals surface area contributed by atoms with Gasteiger partial charge in [0.2, 0.25) is 0 Å². The first-order valence-corrected chi connectivity index (χ1v) is 8.36. The molecule has 2 aromatic rings. The molecule has 4 rings (SSSR count). The maximum atomic E-state index is 12.9. The minimum absolute atomic E-state index is 0.204. The molecule has 0 bridgehead atoms. The second kappa shape index (κ2) is 6.28. The Labute approximate surface area is 136 Å². The summed E-state index contributed by atoms with van der Waals surface area (Å²) < 4.78 is 18.9. The van der Waals surface area contributed by atoms with Gasteiger partial charge in [0.1, 0.15) is 17.7 Å². The summed E-state index contributed by atoms with van der Waals surface area (Å²) in [7, 11) is 0. The Morgan fingerprint density at radius 2 is 2.04 bits per heavy atom. The first kappa shape index (κ1) is 14.6. The van der Waals surface area contributed by atoms with Crippen molar-refractivity contribution in [2.24, 2.45) is 0 Å². The molecule has 0 spiro atoms. The van der Waals surface area contributed by atoms with Gasteiger partial charge in [-0.05, 0) is 61.1 Å². The van der Waals surface area contributed by atoms with E-state index in [4.69, 9.17) is 4.74 Å². The predicted octanol–water partition coefficient (Wildman–Crippen LogP) is 3.40. The van der Waals surface area contributed by atoms with E-state index in [0.717, 1.165) is 38.2 Å². The molecule has 1 aliphatic carbocycles. The maximum absolute atomic E-state index is 12.9. The van der Waals surface area contributed by atoms with Crippen molar-refractivity contribution in [3.05, 3.63) is 59.7 Å². The summed E-state index contributed by atoms with van der Waals surface area (Å²) in [6.07, 6.45) is 5.43. The molecule has 23 heavy (non-hydrogen) atoms. The highest BCUT2D eigenvalue weighted by Crippen LogP contribution is 2.33. The fourth-order valence-corrected chi connectivity index (χ4v) is 3.76. The molecule has 0 amide bonds. The number of hydrogen-bond acceptors (Lipinski definition) is 3. The molecule has 1 saturated heterocycles. The molecule has 120 valence electrons. The number of rotatable bonds is 4. The molecule has 1 aliphatic heterocycles. The maximum Gasteiger partial charge on any atom is 0.123 e. The lowest BCUT2D eigenvalue weighted by molar-refractivity contribution is 0.197. The van der Waals surface area contributed by atoms with E-state index in [1.807, 2.05) is 12.3 Å². The van der Waals surface area contributed by atoms with Crippen molar-refractivity contribution in [1.29, 1.82) is 0 Å². The Balaban J connectivity index is 1.33. The number of ether oxygens (including phenoxy) is 1. The normalized spacial score (nSPS) is 23.9. The van der Waals surface area contributed by atoms with E-state index in [9.17, 15) is 4.39 Å². The molecule has 2 heterocycles. The largest absolute Gasteiger partial charge is 0.489 e. The molecule has 0 N–H and O–H groups in total. The summed E-state index contributed by atoms with van der Waals surface area (Å²) in [5.74, 6) is 1.14. The Hall–Kier alpha value is -1.94. The Morgan fingerprint density at radius 3 is 2.91 bits per heavy atom. The van der Waals surface area contributed by atoms with E-state index in [0.29, 0.717) is 5.92 Å². The van der Waals surface area contributed by atoms with Crippen molar-refractivity contribution in [3.8, 4) is 5.75 Å². The third-order valence-electron chi connectivity index (χ3n) is 4.92. The highest BCUT2D eigenvalue weighted by Gasteiger charge is 2.29.